The van der Waals surface area contributed by atoms with Gasteiger partial charge in [0.05, 0.1) is 5.69 Å². The molecule has 2 unspecified atom stereocenters. The number of H-pyrrole nitrogens is 1. The number of rotatable bonds is 9. The molecule has 0 saturated heterocycles. The largest absolute Gasteiger partial charge is 0.598 e. The molecule has 4 rings (SSSR count). The van der Waals surface area contributed by atoms with Gasteiger partial charge in [-0.25, -0.2) is 4.39 Å². The van der Waals surface area contributed by atoms with Crippen LogP contribution in [0.4, 0.5) is 23.2 Å². The van der Waals surface area contributed by atoms with E-state index in [1.54, 1.807) is 29.6 Å². The molecule has 2 atom stereocenters. The zero-order valence-electron chi connectivity index (χ0n) is 21.2. The van der Waals surface area contributed by atoms with Gasteiger partial charge in [-0.2, -0.15) is 18.3 Å². The SMILES string of the molecule is CC(C)(C)[S+]([O-])NC(CCC1CC1)(c1cccnc1)c1ccc(F)c(NC(=O)c2cc(C(F)(F)F)[nH]n2)c1. The number of benzene rings is 1. The fourth-order valence-corrected chi connectivity index (χ4v) is 4.99. The lowest BCUT2D eigenvalue weighted by Gasteiger charge is -2.38. The molecule has 12 heteroatoms. The van der Waals surface area contributed by atoms with Crippen LogP contribution < -0.4 is 10.0 Å². The Morgan fingerprint density at radius 3 is 2.47 bits per heavy atom. The summed E-state index contributed by atoms with van der Waals surface area (Å²) in [5, 5.41) is 7.51. The topological polar surface area (TPSA) is 106 Å². The molecule has 1 amide bonds. The first-order chi connectivity index (χ1) is 17.8. The molecule has 0 aliphatic heterocycles. The summed E-state index contributed by atoms with van der Waals surface area (Å²) in [6.07, 6.45) is 2.10. The number of halogens is 4. The number of nitrogens with zero attached hydrogens (tertiary/aromatic N) is 2. The Kier molecular flexibility index (Phi) is 7.87. The lowest BCUT2D eigenvalue weighted by Crippen LogP contribution is -2.52. The molecule has 0 bridgehead atoms. The van der Waals surface area contributed by atoms with E-state index >= 15 is 0 Å². The van der Waals surface area contributed by atoms with Crippen LogP contribution >= 0.6 is 0 Å². The van der Waals surface area contributed by atoms with Crippen LogP contribution in [0.3, 0.4) is 0 Å². The minimum atomic E-state index is -4.71. The lowest BCUT2D eigenvalue weighted by atomic mass is 9.80. The van der Waals surface area contributed by atoms with E-state index in [4.69, 9.17) is 0 Å². The van der Waals surface area contributed by atoms with Crippen molar-refractivity contribution < 1.29 is 26.9 Å². The van der Waals surface area contributed by atoms with Gasteiger partial charge in [0.15, 0.2) is 5.69 Å². The van der Waals surface area contributed by atoms with E-state index in [1.807, 2.05) is 26.8 Å². The van der Waals surface area contributed by atoms with Gasteiger partial charge in [0.25, 0.3) is 5.91 Å². The predicted octanol–water partition coefficient (Wildman–Crippen LogP) is 5.70. The third kappa shape index (κ3) is 6.36. The first-order valence-corrected chi connectivity index (χ1v) is 13.3. The monoisotopic (exact) mass is 551 g/mol. The molecule has 7 nitrogen and oxygen atoms in total. The van der Waals surface area contributed by atoms with Crippen LogP contribution in [-0.4, -0.2) is 30.4 Å². The van der Waals surface area contributed by atoms with E-state index in [0.717, 1.165) is 19.3 Å². The van der Waals surface area contributed by atoms with Crippen LogP contribution in [0, 0.1) is 11.7 Å². The van der Waals surface area contributed by atoms with Crippen molar-refractivity contribution >= 4 is 23.0 Å². The van der Waals surface area contributed by atoms with E-state index < -0.39 is 50.9 Å². The first kappa shape index (κ1) is 28.1. The summed E-state index contributed by atoms with van der Waals surface area (Å²) in [6.45, 7) is 5.50. The van der Waals surface area contributed by atoms with Gasteiger partial charge in [-0.3, -0.25) is 14.9 Å². The normalized spacial score (nSPS) is 16.6. The van der Waals surface area contributed by atoms with Crippen molar-refractivity contribution in [2.75, 3.05) is 5.32 Å². The van der Waals surface area contributed by atoms with E-state index in [2.05, 4.69) is 20.1 Å². The summed E-state index contributed by atoms with van der Waals surface area (Å²) in [5.74, 6) is -1.27. The quantitative estimate of drug-likeness (QED) is 0.234. The molecule has 1 aliphatic rings. The molecule has 204 valence electrons. The maximum Gasteiger partial charge on any atom is 0.432 e. The number of hydrogen-bond acceptors (Lipinski definition) is 5. The zero-order chi connectivity index (χ0) is 27.7. The molecule has 38 heavy (non-hydrogen) atoms. The number of alkyl halides is 3. The summed E-state index contributed by atoms with van der Waals surface area (Å²) < 4.78 is 69.7. The van der Waals surface area contributed by atoms with E-state index in [0.29, 0.717) is 29.5 Å². The Hall–Kier alpha value is -2.96. The third-order valence-corrected chi connectivity index (χ3v) is 8.07. The highest BCUT2D eigenvalue weighted by molar-refractivity contribution is 7.90. The number of aromatic nitrogens is 3. The lowest BCUT2D eigenvalue weighted by molar-refractivity contribution is -0.141. The molecule has 1 saturated carbocycles. The highest BCUT2D eigenvalue weighted by Crippen LogP contribution is 2.43. The molecule has 3 N–H and O–H groups in total. The summed E-state index contributed by atoms with van der Waals surface area (Å²) in [4.78, 5) is 16.9. The van der Waals surface area contributed by atoms with Crippen LogP contribution in [0.25, 0.3) is 0 Å². The molecule has 1 aromatic carbocycles. The number of hydrogen-bond donors (Lipinski definition) is 3. The molecule has 1 fully saturated rings. The fourth-order valence-electron chi connectivity index (χ4n) is 4.03. The number of anilines is 1. The van der Waals surface area contributed by atoms with Gasteiger partial charge in [0.1, 0.15) is 21.8 Å². The van der Waals surface area contributed by atoms with E-state index in [9.17, 15) is 26.9 Å². The van der Waals surface area contributed by atoms with Crippen molar-refractivity contribution in [3.63, 3.8) is 0 Å². The summed E-state index contributed by atoms with van der Waals surface area (Å²) in [7, 11) is 0. The van der Waals surface area contributed by atoms with Crippen molar-refractivity contribution in [2.45, 2.75) is 62.9 Å². The van der Waals surface area contributed by atoms with E-state index in [-0.39, 0.29) is 5.69 Å². The fraction of sp³-hybridized carbons (Fsp3) is 0.423. The molecule has 3 aromatic rings. The molecular formula is C26H29F4N5O2S. The van der Waals surface area contributed by atoms with Gasteiger partial charge in [-0.05, 0) is 68.9 Å². The maximum absolute atomic E-state index is 14.9. The van der Waals surface area contributed by atoms with Crippen molar-refractivity contribution in [1.82, 2.24) is 19.9 Å². The van der Waals surface area contributed by atoms with Gasteiger partial charge in [0.2, 0.25) is 0 Å². The van der Waals surface area contributed by atoms with Gasteiger partial charge in [-0.1, -0.05) is 25.0 Å². The highest BCUT2D eigenvalue weighted by atomic mass is 32.2. The molecular weight excluding hydrogens is 522 g/mol. The van der Waals surface area contributed by atoms with Gasteiger partial charge in [-0.15, -0.1) is 4.72 Å². The summed E-state index contributed by atoms with van der Waals surface area (Å²) in [5.41, 5.74) is -1.78. The predicted molar refractivity (Wildman–Crippen MR) is 136 cm³/mol. The number of amides is 1. The van der Waals surface area contributed by atoms with Crippen LogP contribution in [0.1, 0.15) is 73.8 Å². The van der Waals surface area contributed by atoms with Crippen molar-refractivity contribution in [1.29, 1.82) is 0 Å². The van der Waals surface area contributed by atoms with Crippen LogP contribution in [0.2, 0.25) is 0 Å². The maximum atomic E-state index is 14.9. The number of aromatic amines is 1. The Bertz CT molecular complexity index is 1270. The molecule has 2 heterocycles. The second kappa shape index (κ2) is 10.7. The second-order valence-corrected chi connectivity index (χ2v) is 12.4. The number of nitrogens with one attached hydrogen (secondary N) is 3. The van der Waals surface area contributed by atoms with Gasteiger partial charge >= 0.3 is 6.18 Å². The summed E-state index contributed by atoms with van der Waals surface area (Å²) >= 11 is -1.54. The first-order valence-electron chi connectivity index (χ1n) is 12.1. The van der Waals surface area contributed by atoms with Crippen molar-refractivity contribution in [3.8, 4) is 0 Å². The molecule has 0 radical (unpaired) electrons. The van der Waals surface area contributed by atoms with Crippen molar-refractivity contribution in [2.24, 2.45) is 5.92 Å². The third-order valence-electron chi connectivity index (χ3n) is 6.43. The average Bonchev–Trinajstić information content (AvgIpc) is 3.54. The molecule has 0 spiro atoms. The number of pyridine rings is 1. The number of carbonyl (C=O) groups excluding carboxylic acids is 1. The smallest absolute Gasteiger partial charge is 0.432 e. The van der Waals surface area contributed by atoms with Gasteiger partial charge in [0, 0.05) is 29.8 Å². The second-order valence-electron chi connectivity index (χ2n) is 10.4. The Morgan fingerprint density at radius 2 is 1.89 bits per heavy atom. The average molecular weight is 552 g/mol. The Morgan fingerprint density at radius 1 is 1.16 bits per heavy atom. The van der Waals surface area contributed by atoms with Crippen LogP contribution in [0.5, 0.6) is 0 Å². The minimum Gasteiger partial charge on any atom is -0.598 e. The van der Waals surface area contributed by atoms with E-state index in [1.165, 1.54) is 12.1 Å². The highest BCUT2D eigenvalue weighted by Gasteiger charge is 2.43. The zero-order valence-corrected chi connectivity index (χ0v) is 22.0. The standard InChI is InChI=1S/C26H29F4N5O2S/c1-24(2,3)38(37)35-25(11-10-16-6-7-16,18-5-4-12-31-15-18)17-8-9-19(27)20(13-17)32-23(36)21-14-22(34-33-21)26(28,29)30/h4-5,8-9,12-16,35H,6-7,10-11H2,1-3H3,(H,32,36)(H,33,34). The Balaban J connectivity index is 1.75. The molecule has 2 aromatic heterocycles. The number of carbonyl (C=O) groups is 1. The minimum absolute atomic E-state index is 0.243. The van der Waals surface area contributed by atoms with Gasteiger partial charge < -0.3 is 9.87 Å². The van der Waals surface area contributed by atoms with Crippen LogP contribution in [-0.2, 0) is 23.1 Å². The molecule has 1 aliphatic carbocycles. The van der Waals surface area contributed by atoms with Crippen LogP contribution in [0.15, 0.2) is 48.8 Å². The van der Waals surface area contributed by atoms with Crippen molar-refractivity contribution in [3.05, 3.63) is 77.1 Å². The summed E-state index contributed by atoms with van der Waals surface area (Å²) in [6, 6.07) is 8.29. The Labute approximate surface area is 221 Å².